The Morgan fingerprint density at radius 1 is 1.03 bits per heavy atom. The molecule has 0 radical (unpaired) electrons. The van der Waals surface area contributed by atoms with Crippen LogP contribution in [0.5, 0.6) is 11.6 Å². The number of halogens is 6. The molecule has 170 valence electrons. The first kappa shape index (κ1) is 23.0. The molecule has 0 spiro atoms. The Labute approximate surface area is 175 Å². The Morgan fingerprint density at radius 2 is 1.71 bits per heavy atom. The van der Waals surface area contributed by atoms with Crippen molar-refractivity contribution in [1.82, 2.24) is 9.97 Å². The number of hydrogen-bond donors (Lipinski definition) is 0. The quantitative estimate of drug-likeness (QED) is 0.513. The molecule has 0 atom stereocenters. The van der Waals surface area contributed by atoms with Crippen molar-refractivity contribution < 1.29 is 35.8 Å². The van der Waals surface area contributed by atoms with Gasteiger partial charge in [-0.05, 0) is 37.8 Å². The van der Waals surface area contributed by atoms with E-state index in [9.17, 15) is 26.3 Å². The van der Waals surface area contributed by atoms with E-state index in [2.05, 4.69) is 14.7 Å². The van der Waals surface area contributed by atoms with E-state index in [0.29, 0.717) is 17.6 Å². The summed E-state index contributed by atoms with van der Waals surface area (Å²) in [6.45, 7) is -1.91. The number of ether oxygens (including phenoxy) is 2. The standard InChI is InChI=1S/C20H21F6N3O2/c1-29(15-9-5-6-10-16(15)31-13-7-3-2-4-8-13)18-27-11-14(20(24,25)26)17(28-18)30-12-19(21,22)23/h5-6,9-11,13H,2-4,7-8,12H2,1H3. The molecule has 0 amide bonds. The molecule has 0 aliphatic heterocycles. The zero-order chi connectivity index (χ0) is 22.6. The molecule has 0 unspecified atom stereocenters. The topological polar surface area (TPSA) is 47.5 Å². The highest BCUT2D eigenvalue weighted by Gasteiger charge is 2.38. The van der Waals surface area contributed by atoms with Gasteiger partial charge in [0.15, 0.2) is 6.61 Å². The molecule has 1 aromatic heterocycles. The van der Waals surface area contributed by atoms with E-state index in [1.807, 2.05) is 0 Å². The Balaban J connectivity index is 1.90. The van der Waals surface area contributed by atoms with Gasteiger partial charge in [0.1, 0.15) is 11.3 Å². The van der Waals surface area contributed by atoms with Crippen molar-refractivity contribution >= 4 is 11.6 Å². The fourth-order valence-electron chi connectivity index (χ4n) is 3.28. The zero-order valence-electron chi connectivity index (χ0n) is 16.6. The predicted molar refractivity (Wildman–Crippen MR) is 101 cm³/mol. The Bertz CT molecular complexity index is 882. The van der Waals surface area contributed by atoms with Crippen LogP contribution in [0.2, 0.25) is 0 Å². The van der Waals surface area contributed by atoms with E-state index in [4.69, 9.17) is 4.74 Å². The molecule has 0 N–H and O–H groups in total. The van der Waals surface area contributed by atoms with Gasteiger partial charge in [0.2, 0.25) is 11.8 Å². The van der Waals surface area contributed by atoms with Gasteiger partial charge in [-0.1, -0.05) is 18.6 Å². The lowest BCUT2D eigenvalue weighted by atomic mass is 9.98. The van der Waals surface area contributed by atoms with Gasteiger partial charge in [-0.25, -0.2) is 4.98 Å². The number of alkyl halides is 6. The molecular weight excluding hydrogens is 428 g/mol. The van der Waals surface area contributed by atoms with Gasteiger partial charge in [-0.2, -0.15) is 31.3 Å². The molecule has 1 aliphatic rings. The summed E-state index contributed by atoms with van der Waals surface area (Å²) >= 11 is 0. The molecule has 31 heavy (non-hydrogen) atoms. The van der Waals surface area contributed by atoms with Crippen molar-refractivity contribution in [2.45, 2.75) is 50.6 Å². The number of anilines is 2. The van der Waals surface area contributed by atoms with Crippen molar-refractivity contribution in [3.05, 3.63) is 36.0 Å². The van der Waals surface area contributed by atoms with Crippen LogP contribution in [-0.4, -0.2) is 35.9 Å². The number of rotatable bonds is 6. The minimum Gasteiger partial charge on any atom is -0.488 e. The summed E-state index contributed by atoms with van der Waals surface area (Å²) in [5.41, 5.74) is -1.02. The Morgan fingerprint density at radius 3 is 2.35 bits per heavy atom. The van der Waals surface area contributed by atoms with Crippen LogP contribution in [0.3, 0.4) is 0 Å². The Kier molecular flexibility index (Phi) is 6.80. The first-order chi connectivity index (χ1) is 14.5. The largest absolute Gasteiger partial charge is 0.488 e. The van der Waals surface area contributed by atoms with E-state index < -0.39 is 30.4 Å². The first-order valence-corrected chi connectivity index (χ1v) is 9.68. The molecule has 1 fully saturated rings. The van der Waals surface area contributed by atoms with Gasteiger partial charge in [0.25, 0.3) is 0 Å². The number of para-hydroxylation sites is 2. The summed E-state index contributed by atoms with van der Waals surface area (Å²) in [7, 11) is 1.49. The minimum absolute atomic E-state index is 0.0162. The fraction of sp³-hybridized carbons (Fsp3) is 0.500. The van der Waals surface area contributed by atoms with Gasteiger partial charge in [0.05, 0.1) is 11.8 Å². The summed E-state index contributed by atoms with van der Waals surface area (Å²) in [6, 6.07) is 6.83. The third kappa shape index (κ3) is 6.14. The van der Waals surface area contributed by atoms with Gasteiger partial charge in [-0.3, -0.25) is 0 Å². The molecule has 2 aromatic rings. The average molecular weight is 449 g/mol. The van der Waals surface area contributed by atoms with Crippen LogP contribution >= 0.6 is 0 Å². The van der Waals surface area contributed by atoms with E-state index in [-0.39, 0.29) is 12.1 Å². The molecule has 5 nitrogen and oxygen atoms in total. The maximum atomic E-state index is 13.2. The van der Waals surface area contributed by atoms with E-state index in [1.165, 1.54) is 11.9 Å². The van der Waals surface area contributed by atoms with Crippen LogP contribution in [0, 0.1) is 0 Å². The van der Waals surface area contributed by atoms with Crippen LogP contribution in [0.15, 0.2) is 30.5 Å². The molecule has 11 heteroatoms. The summed E-state index contributed by atoms with van der Waals surface area (Å²) in [6.07, 6.45) is -4.34. The smallest absolute Gasteiger partial charge is 0.423 e. The second-order valence-electron chi connectivity index (χ2n) is 7.20. The van der Waals surface area contributed by atoms with Crippen LogP contribution < -0.4 is 14.4 Å². The molecule has 0 saturated heterocycles. The highest BCUT2D eigenvalue weighted by Crippen LogP contribution is 2.38. The third-order valence-corrected chi connectivity index (χ3v) is 4.79. The Hall–Kier alpha value is -2.72. The lowest BCUT2D eigenvalue weighted by Gasteiger charge is -2.27. The van der Waals surface area contributed by atoms with Crippen molar-refractivity contribution in [2.24, 2.45) is 0 Å². The molecule has 3 rings (SSSR count). The normalized spacial score (nSPS) is 15.6. The lowest BCUT2D eigenvalue weighted by molar-refractivity contribution is -0.159. The van der Waals surface area contributed by atoms with Crippen molar-refractivity contribution in [3.63, 3.8) is 0 Å². The SMILES string of the molecule is CN(c1ncc(C(F)(F)F)c(OCC(F)(F)F)n1)c1ccccc1OC1CCCCC1. The highest BCUT2D eigenvalue weighted by molar-refractivity contribution is 5.65. The van der Waals surface area contributed by atoms with Crippen LogP contribution in [0.1, 0.15) is 37.7 Å². The molecule has 1 heterocycles. The monoisotopic (exact) mass is 449 g/mol. The minimum atomic E-state index is -4.97. The number of hydrogen-bond acceptors (Lipinski definition) is 5. The second-order valence-corrected chi connectivity index (χ2v) is 7.20. The number of nitrogens with zero attached hydrogens (tertiary/aromatic N) is 3. The third-order valence-electron chi connectivity index (χ3n) is 4.79. The lowest BCUT2D eigenvalue weighted by Crippen LogP contribution is -2.23. The van der Waals surface area contributed by atoms with Crippen molar-refractivity contribution in [3.8, 4) is 11.6 Å². The maximum Gasteiger partial charge on any atom is 0.423 e. The molecule has 1 aromatic carbocycles. The van der Waals surface area contributed by atoms with Crippen molar-refractivity contribution in [2.75, 3.05) is 18.6 Å². The van der Waals surface area contributed by atoms with E-state index in [1.54, 1.807) is 24.3 Å². The van der Waals surface area contributed by atoms with Gasteiger partial charge in [0, 0.05) is 13.2 Å². The second kappa shape index (κ2) is 9.19. The summed E-state index contributed by atoms with van der Waals surface area (Å²) < 4.78 is 87.4. The molecule has 1 saturated carbocycles. The van der Waals surface area contributed by atoms with Crippen LogP contribution in [-0.2, 0) is 6.18 Å². The fourth-order valence-corrected chi connectivity index (χ4v) is 3.28. The average Bonchev–Trinajstić information content (AvgIpc) is 2.71. The summed E-state index contributed by atoms with van der Waals surface area (Å²) in [5.74, 6) is -0.963. The number of benzene rings is 1. The van der Waals surface area contributed by atoms with E-state index >= 15 is 0 Å². The molecule has 1 aliphatic carbocycles. The predicted octanol–water partition coefficient (Wildman–Crippen LogP) is 5.92. The zero-order valence-corrected chi connectivity index (χ0v) is 16.6. The summed E-state index contributed by atoms with van der Waals surface area (Å²) in [4.78, 5) is 8.66. The van der Waals surface area contributed by atoms with Gasteiger partial charge >= 0.3 is 12.4 Å². The van der Waals surface area contributed by atoms with Crippen molar-refractivity contribution in [1.29, 1.82) is 0 Å². The van der Waals surface area contributed by atoms with Crippen LogP contribution in [0.4, 0.5) is 38.0 Å². The maximum absolute atomic E-state index is 13.2. The van der Waals surface area contributed by atoms with E-state index in [0.717, 1.165) is 32.1 Å². The van der Waals surface area contributed by atoms with Gasteiger partial charge < -0.3 is 14.4 Å². The van der Waals surface area contributed by atoms with Crippen LogP contribution in [0.25, 0.3) is 0 Å². The molecular formula is C20H21F6N3O2. The number of aromatic nitrogens is 2. The van der Waals surface area contributed by atoms with Gasteiger partial charge in [-0.15, -0.1) is 0 Å². The first-order valence-electron chi connectivity index (χ1n) is 9.68. The molecule has 0 bridgehead atoms. The summed E-state index contributed by atoms with van der Waals surface area (Å²) in [5, 5.41) is 0. The highest BCUT2D eigenvalue weighted by atomic mass is 19.4.